The Morgan fingerprint density at radius 2 is 1.94 bits per heavy atom. The summed E-state index contributed by atoms with van der Waals surface area (Å²) in [7, 11) is 1.91. The van der Waals surface area contributed by atoms with Gasteiger partial charge in [0.05, 0.1) is 17.9 Å². The molecule has 0 saturated carbocycles. The van der Waals surface area contributed by atoms with E-state index in [0.717, 1.165) is 33.8 Å². The van der Waals surface area contributed by atoms with Gasteiger partial charge in [-0.3, -0.25) is 4.79 Å². The van der Waals surface area contributed by atoms with Crippen molar-refractivity contribution in [3.63, 3.8) is 0 Å². The first kappa shape index (κ1) is 25.2. The number of amides is 1. The monoisotopic (exact) mass is 526 g/mol. The summed E-state index contributed by atoms with van der Waals surface area (Å²) in [6.07, 6.45) is 0.774. The maximum atomic E-state index is 12.7. The van der Waals surface area contributed by atoms with Gasteiger partial charge >= 0.3 is 5.97 Å². The second-order valence-electron chi connectivity index (χ2n) is 7.68. The molecule has 4 aromatic rings. The molecule has 0 spiro atoms. The normalized spacial score (nSPS) is 11.0. The van der Waals surface area contributed by atoms with Crippen LogP contribution in [0.2, 0.25) is 0 Å². The number of hydrogen-bond donors (Lipinski definition) is 1. The Balaban J connectivity index is 1.48. The molecule has 0 unspecified atom stereocenters. The molecule has 0 saturated heterocycles. The summed E-state index contributed by atoms with van der Waals surface area (Å²) in [4.78, 5) is 27.2. The summed E-state index contributed by atoms with van der Waals surface area (Å²) in [5, 5.41) is 14.9. The van der Waals surface area contributed by atoms with Crippen molar-refractivity contribution in [3.05, 3.63) is 57.1 Å². The van der Waals surface area contributed by atoms with Crippen LogP contribution in [-0.2, 0) is 23.0 Å². The van der Waals surface area contributed by atoms with Crippen molar-refractivity contribution in [2.75, 3.05) is 17.7 Å². The molecule has 0 bridgehead atoms. The van der Waals surface area contributed by atoms with Crippen molar-refractivity contribution < 1.29 is 14.3 Å². The lowest BCUT2D eigenvalue weighted by Gasteiger charge is -2.08. The summed E-state index contributed by atoms with van der Waals surface area (Å²) >= 11 is 4.38. The SMILES string of the molecule is CCOC(=O)c1cc(CC)sc1NC(=O)CSc1nnc(-c2csc(C)c2-c2ccccc2)n1C. The molecule has 0 aliphatic carbocycles. The average molecular weight is 527 g/mol. The van der Waals surface area contributed by atoms with Crippen LogP contribution < -0.4 is 5.32 Å². The van der Waals surface area contributed by atoms with Gasteiger partial charge in [0.2, 0.25) is 5.91 Å². The van der Waals surface area contributed by atoms with Crippen molar-refractivity contribution in [3.8, 4) is 22.5 Å². The summed E-state index contributed by atoms with van der Waals surface area (Å²) in [6.45, 7) is 6.15. The number of esters is 1. The predicted octanol–water partition coefficient (Wildman–Crippen LogP) is 6.05. The molecule has 0 fully saturated rings. The third-order valence-corrected chi connectivity index (χ3v) is 8.45. The second-order valence-corrected chi connectivity index (χ2v) is 10.8. The Morgan fingerprint density at radius 1 is 1.17 bits per heavy atom. The van der Waals surface area contributed by atoms with E-state index in [2.05, 4.69) is 40.0 Å². The Hall–Kier alpha value is -2.95. The minimum absolute atomic E-state index is 0.141. The molecule has 4 rings (SSSR count). The number of carbonyl (C=O) groups is 2. The van der Waals surface area contributed by atoms with Gasteiger partial charge in [0.1, 0.15) is 5.00 Å². The van der Waals surface area contributed by atoms with Gasteiger partial charge in [0.15, 0.2) is 11.0 Å². The molecule has 0 aliphatic heterocycles. The lowest BCUT2D eigenvalue weighted by atomic mass is 10.0. The zero-order valence-electron chi connectivity index (χ0n) is 20.0. The third-order valence-electron chi connectivity index (χ3n) is 5.33. The zero-order valence-corrected chi connectivity index (χ0v) is 22.4. The number of benzene rings is 1. The highest BCUT2D eigenvalue weighted by Gasteiger charge is 2.21. The first-order valence-corrected chi connectivity index (χ1v) is 13.9. The van der Waals surface area contributed by atoms with E-state index in [1.165, 1.54) is 28.0 Å². The van der Waals surface area contributed by atoms with Crippen molar-refractivity contribution in [2.24, 2.45) is 7.05 Å². The Labute approximate surface area is 216 Å². The number of nitrogens with one attached hydrogen (secondary N) is 1. The van der Waals surface area contributed by atoms with Crippen LogP contribution in [-0.4, -0.2) is 39.0 Å². The number of anilines is 1. The van der Waals surface area contributed by atoms with Gasteiger partial charge in [-0.25, -0.2) is 4.79 Å². The molecule has 3 heterocycles. The van der Waals surface area contributed by atoms with Gasteiger partial charge in [-0.05, 0) is 31.9 Å². The van der Waals surface area contributed by atoms with Gasteiger partial charge < -0.3 is 14.6 Å². The van der Waals surface area contributed by atoms with Crippen LogP contribution in [0.15, 0.2) is 46.9 Å². The van der Waals surface area contributed by atoms with Crippen LogP contribution in [0.1, 0.15) is 34.0 Å². The highest BCUT2D eigenvalue weighted by Crippen LogP contribution is 2.38. The third kappa shape index (κ3) is 5.50. The predicted molar refractivity (Wildman–Crippen MR) is 143 cm³/mol. The molecule has 1 aromatic carbocycles. The number of aromatic nitrogens is 3. The minimum atomic E-state index is -0.426. The second kappa shape index (κ2) is 11.2. The van der Waals surface area contributed by atoms with E-state index in [1.54, 1.807) is 24.3 Å². The van der Waals surface area contributed by atoms with Crippen molar-refractivity contribution in [1.82, 2.24) is 14.8 Å². The molecule has 182 valence electrons. The van der Waals surface area contributed by atoms with E-state index in [9.17, 15) is 9.59 Å². The summed E-state index contributed by atoms with van der Waals surface area (Å²) in [6, 6.07) is 12.0. The quantitative estimate of drug-likeness (QED) is 0.211. The van der Waals surface area contributed by atoms with Gasteiger partial charge in [-0.15, -0.1) is 32.9 Å². The summed E-state index contributed by atoms with van der Waals surface area (Å²) in [5.74, 6) is 0.254. The summed E-state index contributed by atoms with van der Waals surface area (Å²) < 4.78 is 7.04. The first-order valence-electron chi connectivity index (χ1n) is 11.2. The Morgan fingerprint density at radius 3 is 2.66 bits per heavy atom. The summed E-state index contributed by atoms with van der Waals surface area (Å²) in [5.41, 5.74) is 3.71. The van der Waals surface area contributed by atoms with Crippen molar-refractivity contribution in [1.29, 1.82) is 0 Å². The van der Waals surface area contributed by atoms with E-state index < -0.39 is 5.97 Å². The lowest BCUT2D eigenvalue weighted by molar-refractivity contribution is -0.113. The van der Waals surface area contributed by atoms with E-state index in [1.807, 2.05) is 36.7 Å². The van der Waals surface area contributed by atoms with Crippen LogP contribution in [0, 0.1) is 6.92 Å². The smallest absolute Gasteiger partial charge is 0.341 e. The van der Waals surface area contributed by atoms with E-state index in [-0.39, 0.29) is 18.3 Å². The number of hydrogen-bond acceptors (Lipinski definition) is 8. The number of thioether (sulfide) groups is 1. The molecule has 1 N–H and O–H groups in total. The molecule has 0 atom stereocenters. The molecule has 0 aliphatic rings. The fraction of sp³-hybridized carbons (Fsp3) is 0.280. The fourth-order valence-corrected chi connectivity index (χ4v) is 6.20. The van der Waals surface area contributed by atoms with Gasteiger partial charge in [0.25, 0.3) is 0 Å². The topological polar surface area (TPSA) is 86.1 Å². The van der Waals surface area contributed by atoms with Crippen LogP contribution in [0.5, 0.6) is 0 Å². The van der Waals surface area contributed by atoms with Gasteiger partial charge in [-0.2, -0.15) is 0 Å². The number of aryl methyl sites for hydroxylation is 2. The molecule has 0 radical (unpaired) electrons. The number of ether oxygens (including phenoxy) is 1. The zero-order chi connectivity index (χ0) is 24.9. The van der Waals surface area contributed by atoms with Gasteiger partial charge in [0, 0.05) is 33.3 Å². The first-order chi connectivity index (χ1) is 16.9. The molecule has 3 aromatic heterocycles. The minimum Gasteiger partial charge on any atom is -0.462 e. The van der Waals surface area contributed by atoms with E-state index in [4.69, 9.17) is 4.74 Å². The molecular weight excluding hydrogens is 501 g/mol. The molecule has 10 heteroatoms. The van der Waals surface area contributed by atoms with Crippen LogP contribution in [0.25, 0.3) is 22.5 Å². The van der Waals surface area contributed by atoms with Crippen LogP contribution >= 0.6 is 34.4 Å². The Kier molecular flexibility index (Phi) is 8.04. The van der Waals surface area contributed by atoms with Crippen LogP contribution in [0.4, 0.5) is 5.00 Å². The number of thiophene rings is 2. The maximum Gasteiger partial charge on any atom is 0.341 e. The standard InChI is InChI=1S/C25H26N4O3S3/c1-5-17-12-18(24(31)32-6-2)23(35-17)26-20(30)14-34-25-28-27-22(29(25)4)19-13-33-15(3)21(19)16-10-8-7-9-11-16/h7-13H,5-6,14H2,1-4H3,(H,26,30). The van der Waals surface area contributed by atoms with E-state index >= 15 is 0 Å². The van der Waals surface area contributed by atoms with Gasteiger partial charge in [-0.1, -0.05) is 49.0 Å². The molecule has 35 heavy (non-hydrogen) atoms. The maximum absolute atomic E-state index is 12.7. The van der Waals surface area contributed by atoms with Crippen LogP contribution in [0.3, 0.4) is 0 Å². The molecule has 1 amide bonds. The van der Waals surface area contributed by atoms with Crippen molar-refractivity contribution in [2.45, 2.75) is 32.3 Å². The highest BCUT2D eigenvalue weighted by molar-refractivity contribution is 7.99. The largest absolute Gasteiger partial charge is 0.462 e. The lowest BCUT2D eigenvalue weighted by Crippen LogP contribution is -2.16. The number of rotatable bonds is 9. The number of carbonyl (C=O) groups excluding carboxylic acids is 2. The fourth-order valence-electron chi connectivity index (χ4n) is 3.62. The highest BCUT2D eigenvalue weighted by atomic mass is 32.2. The average Bonchev–Trinajstić information content (AvgIpc) is 3.55. The van der Waals surface area contributed by atoms with E-state index in [0.29, 0.717) is 15.7 Å². The number of nitrogens with zero attached hydrogens (tertiary/aromatic N) is 3. The molecular formula is C25H26N4O3S3. The van der Waals surface area contributed by atoms with Crippen molar-refractivity contribution >= 4 is 51.3 Å². The Bertz CT molecular complexity index is 1340. The molecule has 7 nitrogen and oxygen atoms in total.